The van der Waals surface area contributed by atoms with E-state index >= 15 is 0 Å². The van der Waals surface area contributed by atoms with Gasteiger partial charge in [-0.15, -0.1) is 11.4 Å². The van der Waals surface area contributed by atoms with Gasteiger partial charge in [-0.3, -0.25) is 0 Å². The number of halogens is 2. The Kier molecular flexibility index (Phi) is 12.3. The van der Waals surface area contributed by atoms with Crippen molar-refractivity contribution >= 4 is 80.2 Å². The van der Waals surface area contributed by atoms with Crippen LogP contribution in [0, 0.1) is 0 Å². The molecule has 0 aliphatic rings. The van der Waals surface area contributed by atoms with E-state index in [0.29, 0.717) is 0 Å². The van der Waals surface area contributed by atoms with Crippen LogP contribution in [-0.2, 0) is 13.1 Å². The van der Waals surface area contributed by atoms with E-state index in [1.165, 1.54) is 31.1 Å². The number of hydrogen-bond donors (Lipinski definition) is 0. The zero-order chi connectivity index (χ0) is 34.5. The Morgan fingerprint density at radius 1 is 0.360 bits per heavy atom. The molecule has 0 N–H and O–H groups in total. The maximum absolute atomic E-state index is 5.52. The Hall–Kier alpha value is -4.53. The Labute approximate surface area is 311 Å². The minimum absolute atomic E-state index is 0.194. The Morgan fingerprint density at radius 2 is 0.560 bits per heavy atom. The normalized spacial score (nSPS) is 11.7. The van der Waals surface area contributed by atoms with Gasteiger partial charge in [-0.2, -0.15) is 0 Å². The van der Waals surface area contributed by atoms with Crippen molar-refractivity contribution in [1.82, 2.24) is 4.98 Å². The number of benzene rings is 6. The second-order valence-corrected chi connectivity index (χ2v) is 20.1. The molecule has 3 nitrogen and oxygen atoms in total. The van der Waals surface area contributed by atoms with E-state index in [0.717, 1.165) is 11.4 Å². The average molecular weight is 764 g/mol. The van der Waals surface area contributed by atoms with Gasteiger partial charge in [-0.05, 0) is 43.5 Å². The predicted molar refractivity (Wildman–Crippen MR) is 215 cm³/mol. The Morgan fingerprint density at radius 3 is 0.760 bits per heavy atom. The van der Waals surface area contributed by atoms with Crippen molar-refractivity contribution < 1.29 is 13.1 Å². The van der Waals surface area contributed by atoms with Crippen LogP contribution in [0.2, 0.25) is 0 Å². The molecule has 50 heavy (non-hydrogen) atoms. The van der Waals surface area contributed by atoms with Crippen LogP contribution in [0.4, 0.5) is 0 Å². The minimum atomic E-state index is -2.78. The van der Waals surface area contributed by atoms with Gasteiger partial charge in [-0.25, -0.2) is 0 Å². The van der Waals surface area contributed by atoms with Crippen LogP contribution in [-0.4, -0.2) is 28.9 Å². The third kappa shape index (κ3) is 7.77. The van der Waals surface area contributed by atoms with Gasteiger partial charge < -0.3 is 14.3 Å². The molecule has 0 fully saturated rings. The molecule has 1 aromatic heterocycles. The van der Waals surface area contributed by atoms with Crippen LogP contribution < -0.4 is 36.1 Å². The van der Waals surface area contributed by atoms with Gasteiger partial charge in [0.15, 0.2) is 0 Å². The number of rotatable bonds is 10. The molecule has 0 aliphatic carbocycles. The summed E-state index contributed by atoms with van der Waals surface area (Å²) < 4.78 is 11.0. The summed E-state index contributed by atoms with van der Waals surface area (Å²) >= 11 is 0.194. The van der Waals surface area contributed by atoms with Crippen molar-refractivity contribution in [3.8, 4) is 0 Å². The molecule has 0 atom stereocenters. The monoisotopic (exact) mass is 762 g/mol. The molecule has 0 bridgehead atoms. The van der Waals surface area contributed by atoms with Crippen molar-refractivity contribution in [1.29, 1.82) is 0 Å². The first-order chi connectivity index (χ1) is 24.7. The predicted octanol–water partition coefficient (Wildman–Crippen LogP) is 6.19. The van der Waals surface area contributed by atoms with Gasteiger partial charge >= 0.3 is 33.3 Å². The second kappa shape index (κ2) is 17.4. The van der Waals surface area contributed by atoms with Crippen LogP contribution in [0.1, 0.15) is 11.4 Å². The standard InChI is InChI=1S/C42H34N3Si2.2ClH.Fe/c1-7-19-37(20-8-1)46(38-21-9-2-10-22-38,39-23-11-3-12-24-39)43-33-35-31-32-36(45-35)34-44-47(40-25-13-4-14-26-40,41-27-15-5-16-28-41)42-29-17-6-18-30-42;;;/h1-34H;2*1H;/q-1;;;+3/p-2/b43-33+,44-34+;;;. The number of hydrogen-bond acceptors (Lipinski definition) is 2. The molecule has 7 rings (SSSR count). The molecule has 7 aromatic rings. The summed E-state index contributed by atoms with van der Waals surface area (Å²) in [5, 5.41) is 7.37. The van der Waals surface area contributed by atoms with E-state index < -0.39 is 16.5 Å². The topological polar surface area (TPSA) is 38.8 Å². The first kappa shape index (κ1) is 35.3. The third-order valence-electron chi connectivity index (χ3n) is 8.61. The van der Waals surface area contributed by atoms with Gasteiger partial charge in [0.05, 0.1) is 0 Å². The van der Waals surface area contributed by atoms with Gasteiger partial charge in [0, 0.05) is 0 Å². The molecule has 0 radical (unpaired) electrons. The SMILES string of the molecule is C(=N\[Si](c1ccccc1)(c1ccccc1)c1ccccc1)/c1ccc(/C=N/[Si](c2ccccc2)(c2ccccc2)c2ccccc2)[n-]1.[Cl][Fe+][Cl]. The first-order valence-electron chi connectivity index (χ1n) is 16.1. The summed E-state index contributed by atoms with van der Waals surface area (Å²) in [6, 6.07) is 68.3. The number of aromatic nitrogens is 1. The molecule has 8 heteroatoms. The van der Waals surface area contributed by atoms with Crippen LogP contribution in [0.25, 0.3) is 0 Å². The number of nitrogens with zero attached hydrogens (tertiary/aromatic N) is 3. The van der Waals surface area contributed by atoms with E-state index in [2.05, 4.69) is 182 Å². The molecule has 0 saturated carbocycles. The zero-order valence-corrected chi connectivity index (χ0v) is 31.7. The second-order valence-electron chi connectivity index (χ2n) is 11.5. The van der Waals surface area contributed by atoms with Gasteiger partial charge in [0.2, 0.25) is 0 Å². The fourth-order valence-corrected chi connectivity index (χ4v) is 14.0. The van der Waals surface area contributed by atoms with E-state index in [1.807, 2.05) is 24.6 Å². The fourth-order valence-electron chi connectivity index (χ4n) is 6.39. The van der Waals surface area contributed by atoms with E-state index in [4.69, 9.17) is 34.5 Å². The molecule has 6 aromatic carbocycles. The zero-order valence-electron chi connectivity index (χ0n) is 27.1. The molecule has 0 unspecified atom stereocenters. The summed E-state index contributed by atoms with van der Waals surface area (Å²) in [6.07, 6.45) is 3.93. The maximum atomic E-state index is 5.52. The summed E-state index contributed by atoms with van der Waals surface area (Å²) in [7, 11) is 3.98. The summed E-state index contributed by atoms with van der Waals surface area (Å²) in [6.45, 7) is 0. The third-order valence-corrected chi connectivity index (χ3v) is 16.7. The molecular weight excluding hydrogens is 729 g/mol. The van der Waals surface area contributed by atoms with Crippen molar-refractivity contribution in [3.05, 3.63) is 206 Å². The van der Waals surface area contributed by atoms with Gasteiger partial charge in [0.25, 0.3) is 16.5 Å². The first-order valence-corrected chi connectivity index (χ1v) is 23.1. The molecule has 0 spiro atoms. The summed E-state index contributed by atoms with van der Waals surface area (Å²) in [4.78, 5) is 5.02. The quantitative estimate of drug-likeness (QED) is 0.0932. The van der Waals surface area contributed by atoms with E-state index in [-0.39, 0.29) is 13.1 Å². The molecule has 0 saturated heterocycles. The molecular formula is C42H34Cl2FeN3Si2. The van der Waals surface area contributed by atoms with Crippen molar-refractivity contribution in [2.75, 3.05) is 0 Å². The van der Waals surface area contributed by atoms with Crippen molar-refractivity contribution in [2.45, 2.75) is 0 Å². The average Bonchev–Trinajstić information content (AvgIpc) is 3.66. The van der Waals surface area contributed by atoms with Crippen LogP contribution in [0.15, 0.2) is 203 Å². The van der Waals surface area contributed by atoms with Crippen LogP contribution in [0.3, 0.4) is 0 Å². The van der Waals surface area contributed by atoms with Crippen LogP contribution in [0.5, 0.6) is 0 Å². The van der Waals surface area contributed by atoms with Crippen molar-refractivity contribution in [2.24, 2.45) is 9.32 Å². The molecule has 0 amide bonds. The summed E-state index contributed by atoms with van der Waals surface area (Å²) in [5.74, 6) is 0. The van der Waals surface area contributed by atoms with E-state index in [9.17, 15) is 0 Å². The van der Waals surface area contributed by atoms with Gasteiger partial charge in [0.1, 0.15) is 0 Å². The van der Waals surface area contributed by atoms with E-state index in [1.54, 1.807) is 0 Å². The van der Waals surface area contributed by atoms with Crippen LogP contribution >= 0.6 is 20.2 Å². The Bertz CT molecular complexity index is 1750. The van der Waals surface area contributed by atoms with Crippen molar-refractivity contribution in [3.63, 3.8) is 0 Å². The van der Waals surface area contributed by atoms with Gasteiger partial charge in [-0.1, -0.05) is 194 Å². The fraction of sp³-hybridized carbons (Fsp3) is 0. The Balaban J connectivity index is 0.00000139. The molecule has 247 valence electrons. The molecule has 1 heterocycles. The molecule has 0 aliphatic heterocycles. The summed E-state index contributed by atoms with van der Waals surface area (Å²) in [5.41, 5.74) is 1.63.